The van der Waals surface area contributed by atoms with Crippen molar-refractivity contribution in [1.82, 2.24) is 14.9 Å². The minimum Gasteiger partial charge on any atom is -0.456 e. The number of carbonyl (C=O) groups excluding carboxylic acids is 1. The van der Waals surface area contributed by atoms with Gasteiger partial charge in [-0.1, -0.05) is 49.7 Å². The largest absolute Gasteiger partial charge is 0.456 e. The van der Waals surface area contributed by atoms with Crippen LogP contribution in [0.1, 0.15) is 75.6 Å². The van der Waals surface area contributed by atoms with Gasteiger partial charge in [-0.05, 0) is 37.3 Å². The van der Waals surface area contributed by atoms with E-state index in [4.69, 9.17) is 26.3 Å². The predicted molar refractivity (Wildman–Crippen MR) is 170 cm³/mol. The number of aromatic nitrogens is 2. The fourth-order valence-electron chi connectivity index (χ4n) is 7.20. The maximum absolute atomic E-state index is 13.8. The van der Waals surface area contributed by atoms with Crippen molar-refractivity contribution in [2.45, 2.75) is 89.6 Å². The molecule has 44 heavy (non-hydrogen) atoms. The van der Waals surface area contributed by atoms with Crippen LogP contribution in [-0.4, -0.2) is 75.4 Å². The zero-order chi connectivity index (χ0) is 31.3. The molecule has 3 aliphatic rings. The van der Waals surface area contributed by atoms with Crippen LogP contribution >= 0.6 is 11.6 Å². The van der Waals surface area contributed by atoms with E-state index in [1.807, 2.05) is 18.2 Å². The Labute approximate surface area is 265 Å². The Hall–Kier alpha value is -3.51. The van der Waals surface area contributed by atoms with Gasteiger partial charge in [-0.15, -0.1) is 0 Å². The number of piperazine rings is 1. The van der Waals surface area contributed by atoms with Gasteiger partial charge in [0.15, 0.2) is 18.0 Å². The maximum Gasteiger partial charge on any atom is 0.318 e. The molecular formula is C34H43ClFN6O2+. The van der Waals surface area contributed by atoms with Crippen molar-refractivity contribution >= 4 is 29.0 Å². The van der Waals surface area contributed by atoms with Crippen LogP contribution in [0.4, 0.5) is 10.2 Å². The van der Waals surface area contributed by atoms with Gasteiger partial charge in [-0.25, -0.2) is 8.97 Å². The average molecular weight is 622 g/mol. The van der Waals surface area contributed by atoms with E-state index >= 15 is 0 Å². The Morgan fingerprint density at radius 3 is 2.82 bits per heavy atom. The Morgan fingerprint density at radius 1 is 1.25 bits per heavy atom. The van der Waals surface area contributed by atoms with Gasteiger partial charge >= 0.3 is 6.01 Å². The lowest BCUT2D eigenvalue weighted by Gasteiger charge is -2.41. The van der Waals surface area contributed by atoms with E-state index in [1.54, 1.807) is 0 Å². The molecule has 0 saturated carbocycles. The normalized spacial score (nSPS) is 21.4. The molecule has 1 aromatic heterocycles. The molecule has 8 nitrogen and oxygen atoms in total. The molecule has 1 aromatic carbocycles. The fourth-order valence-corrected chi connectivity index (χ4v) is 7.43. The van der Waals surface area contributed by atoms with Crippen LogP contribution in [0.15, 0.2) is 36.7 Å². The summed E-state index contributed by atoms with van der Waals surface area (Å²) in [7, 11) is 0. The molecule has 0 spiro atoms. The monoisotopic (exact) mass is 621 g/mol. The quantitative estimate of drug-likeness (QED) is 0.218. The minimum absolute atomic E-state index is 0.00143. The summed E-state index contributed by atoms with van der Waals surface area (Å²) in [6, 6.07) is 9.99. The molecule has 10 heteroatoms. The zero-order valence-corrected chi connectivity index (χ0v) is 26.7. The van der Waals surface area contributed by atoms with E-state index in [1.165, 1.54) is 10.6 Å². The van der Waals surface area contributed by atoms with Gasteiger partial charge in [0.05, 0.1) is 24.2 Å². The van der Waals surface area contributed by atoms with Crippen LogP contribution in [0.2, 0.25) is 5.02 Å². The summed E-state index contributed by atoms with van der Waals surface area (Å²) in [6.07, 6.45) is 8.63. The van der Waals surface area contributed by atoms with Crippen molar-refractivity contribution in [2.24, 2.45) is 0 Å². The molecule has 0 N–H and O–H groups in total. The third kappa shape index (κ3) is 6.76. The number of ether oxygens (including phenoxy) is 1. The number of hydrogen-bond acceptors (Lipinski definition) is 6. The van der Waals surface area contributed by atoms with Crippen LogP contribution in [-0.2, 0) is 24.1 Å². The Balaban J connectivity index is 1.45. The Morgan fingerprint density at radius 2 is 2.07 bits per heavy atom. The number of rotatable bonds is 12. The number of benzene rings is 1. The average Bonchev–Trinajstić information content (AvgIpc) is 3.57. The van der Waals surface area contributed by atoms with Gasteiger partial charge in [-0.3, -0.25) is 4.79 Å². The second-order valence-electron chi connectivity index (χ2n) is 12.3. The summed E-state index contributed by atoms with van der Waals surface area (Å²) in [5.41, 5.74) is 4.56. The first-order chi connectivity index (χ1) is 21.3. The molecule has 2 fully saturated rings. The highest BCUT2D eigenvalue weighted by Gasteiger charge is 2.51. The van der Waals surface area contributed by atoms with Crippen molar-refractivity contribution in [1.29, 1.82) is 5.26 Å². The van der Waals surface area contributed by atoms with E-state index in [9.17, 15) is 14.4 Å². The van der Waals surface area contributed by atoms with Gasteiger partial charge in [0.1, 0.15) is 18.1 Å². The van der Waals surface area contributed by atoms with Crippen LogP contribution < -0.4 is 9.64 Å². The molecule has 4 heterocycles. The fraction of sp³-hybridized carbons (Fsp3) is 0.559. The van der Waals surface area contributed by atoms with E-state index < -0.39 is 17.8 Å². The number of anilines is 1. The molecule has 1 amide bonds. The van der Waals surface area contributed by atoms with E-state index in [0.717, 1.165) is 92.0 Å². The summed E-state index contributed by atoms with van der Waals surface area (Å²) in [5, 5.41) is 10.3. The van der Waals surface area contributed by atoms with Crippen molar-refractivity contribution in [2.75, 3.05) is 37.7 Å². The molecule has 2 saturated heterocycles. The lowest BCUT2D eigenvalue weighted by Crippen LogP contribution is -2.55. The standard InChI is InChI=1S/C34H43ClFN6O2/c1-4-9-28-30(13-7-11-26-10-5-6-12-29(26)35)38-33(44-23-34-16-8-19-42(34)24(2)14-17-34)39-31(28)40-20-21-41(32(43)25(3)36)27(22-40)15-18-37/h5-6,10,12,27H,3-4,7-9,11,13-17,19-23H2,1-2H3/q+1. The topological polar surface area (TPSA) is 85.4 Å². The molecule has 2 unspecified atom stereocenters. The van der Waals surface area contributed by atoms with Gasteiger partial charge < -0.3 is 14.5 Å². The number of aryl methyl sites for hydroxylation is 2. The van der Waals surface area contributed by atoms with Crippen molar-refractivity contribution < 1.29 is 18.5 Å². The van der Waals surface area contributed by atoms with Crippen molar-refractivity contribution in [3.63, 3.8) is 0 Å². The van der Waals surface area contributed by atoms with Gasteiger partial charge in [0.2, 0.25) is 0 Å². The maximum atomic E-state index is 13.8. The number of nitrogens with zero attached hydrogens (tertiary/aromatic N) is 6. The SMILES string of the molecule is C=C(F)C(=O)N1CCN(c2nc(OCC34CCC[N+]3=C(C)CC4)nc(CCCc3ccccc3Cl)c2CCC)CC1CC#N. The highest BCUT2D eigenvalue weighted by Crippen LogP contribution is 2.36. The predicted octanol–water partition coefficient (Wildman–Crippen LogP) is 5.85. The number of nitriles is 1. The second-order valence-corrected chi connectivity index (χ2v) is 12.7. The first-order valence-corrected chi connectivity index (χ1v) is 16.3. The summed E-state index contributed by atoms with van der Waals surface area (Å²) in [5.74, 6) is -0.977. The smallest absolute Gasteiger partial charge is 0.318 e. The van der Waals surface area contributed by atoms with Crippen LogP contribution in [0.5, 0.6) is 6.01 Å². The highest BCUT2D eigenvalue weighted by atomic mass is 35.5. The first kappa shape index (κ1) is 31.9. The summed E-state index contributed by atoms with van der Waals surface area (Å²) in [6.45, 7) is 10.3. The summed E-state index contributed by atoms with van der Waals surface area (Å²) in [4.78, 5) is 26.1. The van der Waals surface area contributed by atoms with Crippen LogP contribution in [0.3, 0.4) is 0 Å². The number of hydrogen-bond donors (Lipinski definition) is 0. The molecule has 2 atom stereocenters. The van der Waals surface area contributed by atoms with Crippen molar-refractivity contribution in [3.05, 3.63) is 58.5 Å². The molecule has 234 valence electrons. The second kappa shape index (κ2) is 14.1. The number of halogens is 2. The highest BCUT2D eigenvalue weighted by molar-refractivity contribution is 6.31. The van der Waals surface area contributed by atoms with E-state index in [0.29, 0.717) is 25.7 Å². The summed E-state index contributed by atoms with van der Waals surface area (Å²) < 4.78 is 22.9. The molecule has 0 radical (unpaired) electrons. The lowest BCUT2D eigenvalue weighted by atomic mass is 9.94. The zero-order valence-electron chi connectivity index (χ0n) is 26.0. The van der Waals surface area contributed by atoms with Gasteiger partial charge in [0, 0.05) is 62.8 Å². The Bertz CT molecular complexity index is 1470. The first-order valence-electron chi connectivity index (χ1n) is 15.9. The third-order valence-corrected chi connectivity index (χ3v) is 9.82. The van der Waals surface area contributed by atoms with E-state index in [2.05, 4.69) is 42.0 Å². The van der Waals surface area contributed by atoms with Gasteiger partial charge in [-0.2, -0.15) is 15.2 Å². The van der Waals surface area contributed by atoms with Crippen LogP contribution in [0.25, 0.3) is 0 Å². The molecule has 3 aliphatic heterocycles. The summed E-state index contributed by atoms with van der Waals surface area (Å²) >= 11 is 6.45. The number of fused-ring (bicyclic) bond motifs is 1. The van der Waals surface area contributed by atoms with E-state index in [-0.39, 0.29) is 18.5 Å². The number of amides is 1. The molecule has 0 aliphatic carbocycles. The lowest BCUT2D eigenvalue weighted by molar-refractivity contribution is -0.581. The third-order valence-electron chi connectivity index (χ3n) is 9.45. The Kier molecular flexibility index (Phi) is 10.2. The van der Waals surface area contributed by atoms with Crippen molar-refractivity contribution in [3.8, 4) is 12.1 Å². The molecule has 0 bridgehead atoms. The minimum atomic E-state index is -1.01. The van der Waals surface area contributed by atoms with Gasteiger partial charge in [0.25, 0.3) is 5.91 Å². The molecular weight excluding hydrogens is 579 g/mol. The molecule has 2 aromatic rings. The molecule has 5 rings (SSSR count). The number of carbonyl (C=O) groups is 1. The van der Waals surface area contributed by atoms with Crippen LogP contribution in [0, 0.1) is 11.3 Å².